The number of nitrogens with zero attached hydrogens (tertiary/aromatic N) is 1. The van der Waals surface area contributed by atoms with Crippen molar-refractivity contribution in [1.82, 2.24) is 9.62 Å². The number of sulfonamides is 1. The molecule has 4 aliphatic carbocycles. The average molecular weight is 369 g/mol. The minimum absolute atomic E-state index is 0.0242. The maximum absolute atomic E-state index is 13.0. The van der Waals surface area contributed by atoms with E-state index in [1.807, 2.05) is 6.92 Å². The van der Waals surface area contributed by atoms with Gasteiger partial charge in [0.1, 0.15) is 0 Å². The molecule has 5 aliphatic rings. The van der Waals surface area contributed by atoms with Crippen LogP contribution in [0.4, 0.5) is 0 Å². The van der Waals surface area contributed by atoms with E-state index in [-0.39, 0.29) is 23.1 Å². The molecule has 4 saturated carbocycles. The van der Waals surface area contributed by atoms with E-state index in [9.17, 15) is 13.2 Å². The second-order valence-electron chi connectivity index (χ2n) is 9.20. The molecule has 5 fully saturated rings. The summed E-state index contributed by atoms with van der Waals surface area (Å²) >= 11 is 0. The van der Waals surface area contributed by atoms with Crippen molar-refractivity contribution < 1.29 is 13.2 Å². The van der Waals surface area contributed by atoms with E-state index < -0.39 is 10.0 Å². The first-order valence-electron chi connectivity index (χ1n) is 10.2. The van der Waals surface area contributed by atoms with Gasteiger partial charge in [0.2, 0.25) is 15.9 Å². The van der Waals surface area contributed by atoms with Crippen LogP contribution in [0.3, 0.4) is 0 Å². The van der Waals surface area contributed by atoms with Gasteiger partial charge >= 0.3 is 0 Å². The lowest BCUT2D eigenvalue weighted by molar-refractivity contribution is -0.131. The van der Waals surface area contributed by atoms with Crippen LogP contribution in [0.5, 0.6) is 0 Å². The maximum atomic E-state index is 13.0. The van der Waals surface area contributed by atoms with Gasteiger partial charge in [-0.15, -0.1) is 0 Å². The Labute approximate surface area is 152 Å². The molecule has 1 amide bonds. The number of amides is 1. The first-order valence-corrected chi connectivity index (χ1v) is 11.8. The van der Waals surface area contributed by atoms with Crippen molar-refractivity contribution in [2.24, 2.45) is 23.7 Å². The van der Waals surface area contributed by atoms with Crippen LogP contribution >= 0.6 is 0 Å². The van der Waals surface area contributed by atoms with E-state index in [0.29, 0.717) is 19.5 Å². The van der Waals surface area contributed by atoms with Crippen LogP contribution in [0.15, 0.2) is 0 Å². The van der Waals surface area contributed by atoms with Gasteiger partial charge in [-0.3, -0.25) is 4.79 Å². The summed E-state index contributed by atoms with van der Waals surface area (Å²) in [5.41, 5.74) is 0.0242. The van der Waals surface area contributed by atoms with E-state index in [2.05, 4.69) is 5.32 Å². The number of rotatable bonds is 5. The lowest BCUT2D eigenvalue weighted by atomic mass is 9.53. The summed E-state index contributed by atoms with van der Waals surface area (Å²) in [5, 5.41) is 3.44. The Morgan fingerprint density at radius 3 is 2.28 bits per heavy atom. The minimum Gasteiger partial charge on any atom is -0.350 e. The van der Waals surface area contributed by atoms with E-state index in [0.717, 1.165) is 49.9 Å². The molecular formula is C19H32N2O3S. The van der Waals surface area contributed by atoms with Crippen LogP contribution in [0.2, 0.25) is 0 Å². The van der Waals surface area contributed by atoms with Gasteiger partial charge in [0.15, 0.2) is 0 Å². The summed E-state index contributed by atoms with van der Waals surface area (Å²) in [6.45, 7) is 2.84. The Balaban J connectivity index is 1.41. The van der Waals surface area contributed by atoms with Crippen LogP contribution in [0.25, 0.3) is 0 Å². The van der Waals surface area contributed by atoms with Crippen LogP contribution in [-0.2, 0) is 14.8 Å². The largest absolute Gasteiger partial charge is 0.350 e. The van der Waals surface area contributed by atoms with E-state index >= 15 is 0 Å². The second kappa shape index (κ2) is 6.52. The Kier molecular flexibility index (Phi) is 4.64. The predicted octanol–water partition coefficient (Wildman–Crippen LogP) is 2.52. The third kappa shape index (κ3) is 3.48. The molecule has 4 bridgehead atoms. The van der Waals surface area contributed by atoms with Crippen molar-refractivity contribution >= 4 is 15.9 Å². The van der Waals surface area contributed by atoms with Crippen molar-refractivity contribution in [3.05, 3.63) is 0 Å². The molecule has 6 heteroatoms. The summed E-state index contributed by atoms with van der Waals surface area (Å²) in [6, 6.07) is 0. The highest BCUT2D eigenvalue weighted by molar-refractivity contribution is 7.89. The fourth-order valence-corrected chi connectivity index (χ4v) is 8.01. The summed E-state index contributed by atoms with van der Waals surface area (Å²) in [4.78, 5) is 13.0. The highest BCUT2D eigenvalue weighted by Crippen LogP contribution is 2.55. The van der Waals surface area contributed by atoms with Crippen molar-refractivity contribution in [3.63, 3.8) is 0 Å². The van der Waals surface area contributed by atoms with Gasteiger partial charge in [0.05, 0.1) is 11.7 Å². The Morgan fingerprint density at radius 2 is 1.72 bits per heavy atom. The molecule has 0 aromatic heterocycles. The minimum atomic E-state index is -3.20. The summed E-state index contributed by atoms with van der Waals surface area (Å²) in [6.07, 6.45) is 9.77. The smallest absolute Gasteiger partial charge is 0.224 e. The molecule has 1 saturated heterocycles. The molecule has 5 nitrogen and oxygen atoms in total. The topological polar surface area (TPSA) is 66.5 Å². The molecule has 0 radical (unpaired) electrons. The molecule has 1 aliphatic heterocycles. The quantitative estimate of drug-likeness (QED) is 0.811. The van der Waals surface area contributed by atoms with Crippen LogP contribution in [-0.4, -0.2) is 43.0 Å². The van der Waals surface area contributed by atoms with Gasteiger partial charge in [0.25, 0.3) is 0 Å². The van der Waals surface area contributed by atoms with Crippen molar-refractivity contribution in [3.8, 4) is 0 Å². The standard InChI is InChI=1S/C19H32N2O3S/c1-2-6-25(23,24)21-5-3-4-17(13-21)18(22)20-19-10-14-7-15(11-19)9-16(8-14)12-19/h14-17H,2-13H2,1H3,(H,20,22). The van der Waals surface area contributed by atoms with E-state index in [4.69, 9.17) is 0 Å². The van der Waals surface area contributed by atoms with Crippen molar-refractivity contribution in [2.45, 2.75) is 70.3 Å². The number of carbonyl (C=O) groups is 1. The molecule has 5 rings (SSSR count). The highest BCUT2D eigenvalue weighted by atomic mass is 32.2. The van der Waals surface area contributed by atoms with Gasteiger partial charge < -0.3 is 5.32 Å². The van der Waals surface area contributed by atoms with Gasteiger partial charge in [-0.25, -0.2) is 12.7 Å². The van der Waals surface area contributed by atoms with Gasteiger partial charge in [-0.1, -0.05) is 6.92 Å². The Morgan fingerprint density at radius 1 is 1.12 bits per heavy atom. The zero-order valence-electron chi connectivity index (χ0n) is 15.4. The molecule has 142 valence electrons. The zero-order chi connectivity index (χ0) is 17.7. The molecule has 0 spiro atoms. The van der Waals surface area contributed by atoms with Gasteiger partial charge in [-0.05, 0) is 75.5 Å². The van der Waals surface area contributed by atoms with Gasteiger partial charge in [0, 0.05) is 18.6 Å². The molecule has 1 N–H and O–H groups in total. The fourth-order valence-electron chi connectivity index (χ4n) is 6.42. The van der Waals surface area contributed by atoms with E-state index in [1.54, 1.807) is 4.31 Å². The lowest BCUT2D eigenvalue weighted by Crippen LogP contribution is -2.61. The van der Waals surface area contributed by atoms with Crippen LogP contribution < -0.4 is 5.32 Å². The predicted molar refractivity (Wildman–Crippen MR) is 97.4 cm³/mol. The van der Waals surface area contributed by atoms with E-state index in [1.165, 1.54) is 19.3 Å². The average Bonchev–Trinajstić information content (AvgIpc) is 2.53. The SMILES string of the molecule is CCCS(=O)(=O)N1CCCC(C(=O)NC23CC4CC(CC(C4)C2)C3)C1. The Hall–Kier alpha value is -0.620. The summed E-state index contributed by atoms with van der Waals surface area (Å²) < 4.78 is 26.3. The zero-order valence-corrected chi connectivity index (χ0v) is 16.2. The fraction of sp³-hybridized carbons (Fsp3) is 0.947. The van der Waals surface area contributed by atoms with Crippen molar-refractivity contribution in [1.29, 1.82) is 0 Å². The van der Waals surface area contributed by atoms with Crippen LogP contribution in [0.1, 0.15) is 64.7 Å². The normalized spacial score (nSPS) is 41.0. The first-order chi connectivity index (χ1) is 11.9. The molecule has 0 aromatic rings. The number of carbonyl (C=O) groups excluding carboxylic acids is 1. The second-order valence-corrected chi connectivity index (χ2v) is 11.3. The van der Waals surface area contributed by atoms with Gasteiger partial charge in [-0.2, -0.15) is 0 Å². The number of nitrogens with one attached hydrogen (secondary N) is 1. The molecule has 25 heavy (non-hydrogen) atoms. The van der Waals surface area contributed by atoms with Crippen molar-refractivity contribution in [2.75, 3.05) is 18.8 Å². The highest BCUT2D eigenvalue weighted by Gasteiger charge is 2.52. The molecule has 1 atom stereocenters. The third-order valence-electron chi connectivity index (χ3n) is 7.04. The molecule has 0 aromatic carbocycles. The molecule has 1 heterocycles. The monoisotopic (exact) mass is 368 g/mol. The molecule has 1 unspecified atom stereocenters. The van der Waals surface area contributed by atoms with Crippen LogP contribution in [0, 0.1) is 23.7 Å². The Bertz CT molecular complexity index is 595. The number of piperidine rings is 1. The first kappa shape index (κ1) is 17.8. The third-order valence-corrected chi connectivity index (χ3v) is 9.08. The summed E-state index contributed by atoms with van der Waals surface area (Å²) in [5.74, 6) is 2.54. The number of hydrogen-bond acceptors (Lipinski definition) is 3. The summed E-state index contributed by atoms with van der Waals surface area (Å²) in [7, 11) is -3.20. The number of hydrogen-bond donors (Lipinski definition) is 1. The molecular weight excluding hydrogens is 336 g/mol. The maximum Gasteiger partial charge on any atom is 0.224 e. The lowest BCUT2D eigenvalue weighted by Gasteiger charge is -2.57.